The Morgan fingerprint density at radius 3 is 3.12 bits per heavy atom. The third-order valence-electron chi connectivity index (χ3n) is 4.36. The van der Waals surface area contributed by atoms with Crippen molar-refractivity contribution in [3.63, 3.8) is 0 Å². The second kappa shape index (κ2) is 6.56. The van der Waals surface area contributed by atoms with Crippen molar-refractivity contribution in [2.24, 2.45) is 0 Å². The molecule has 0 spiro atoms. The van der Waals surface area contributed by atoms with E-state index in [2.05, 4.69) is 19.2 Å². The highest BCUT2D eigenvalue weighted by Crippen LogP contribution is 2.19. The molecule has 1 aromatic carbocycles. The lowest BCUT2D eigenvalue weighted by molar-refractivity contribution is 0.185. The number of aromatic nitrogens is 4. The highest BCUT2D eigenvalue weighted by Gasteiger charge is 2.28. The molecule has 3 heterocycles. The highest BCUT2D eigenvalue weighted by atomic mass is 32.1. The number of fused-ring (bicyclic) bond motifs is 1. The summed E-state index contributed by atoms with van der Waals surface area (Å²) >= 11 is 1.20. The zero-order valence-electron chi connectivity index (χ0n) is 13.1. The molecule has 0 saturated carbocycles. The molecule has 1 aliphatic rings. The first-order valence-electron chi connectivity index (χ1n) is 8.03. The van der Waals surface area contributed by atoms with Crippen LogP contribution in [0.2, 0.25) is 0 Å². The van der Waals surface area contributed by atoms with Crippen LogP contribution >= 0.6 is 11.7 Å². The maximum absolute atomic E-state index is 12.5. The summed E-state index contributed by atoms with van der Waals surface area (Å²) in [5.41, 5.74) is 2.81. The third kappa shape index (κ3) is 3.09. The summed E-state index contributed by atoms with van der Waals surface area (Å²) in [6, 6.07) is 8.00. The van der Waals surface area contributed by atoms with Crippen molar-refractivity contribution in [1.29, 1.82) is 0 Å². The highest BCUT2D eigenvalue weighted by molar-refractivity contribution is 7.00. The van der Waals surface area contributed by atoms with Crippen LogP contribution in [0.3, 0.4) is 0 Å². The van der Waals surface area contributed by atoms with Crippen molar-refractivity contribution in [3.8, 4) is 0 Å². The summed E-state index contributed by atoms with van der Waals surface area (Å²) < 4.78 is 10.3. The fourth-order valence-electron chi connectivity index (χ4n) is 3.13. The fraction of sp³-hybridized carbons (Fsp3) is 0.375. The average molecular weight is 342 g/mol. The summed E-state index contributed by atoms with van der Waals surface area (Å²) in [6.07, 6.45) is 5.76. The Morgan fingerprint density at radius 1 is 1.33 bits per heavy atom. The minimum absolute atomic E-state index is 0.0128. The predicted octanol–water partition coefficient (Wildman–Crippen LogP) is 2.26. The molecule has 7 nitrogen and oxygen atoms in total. The lowest BCUT2D eigenvalue weighted by Crippen LogP contribution is -2.44. The third-order valence-corrected chi connectivity index (χ3v) is 4.91. The standard InChI is InChI=1S/C16H18N6OS/c23-16(17-10-12-4-5-14-15(9-12)20-24-19-14)22-8-1-3-13(22)11-21-7-2-6-18-21/h2,4-7,9,13H,1,3,8,10-11H2,(H,17,23)/t13-/m1/s1. The Hall–Kier alpha value is -2.48. The Labute approximate surface area is 143 Å². The topological polar surface area (TPSA) is 75.9 Å². The first kappa shape index (κ1) is 15.1. The van der Waals surface area contributed by atoms with Gasteiger partial charge in [-0.15, -0.1) is 0 Å². The SMILES string of the molecule is O=C(NCc1ccc2nsnc2c1)N1CCC[C@@H]1Cn1cccn1. The summed E-state index contributed by atoms with van der Waals surface area (Å²) in [5.74, 6) is 0. The van der Waals surface area contributed by atoms with E-state index in [4.69, 9.17) is 0 Å². The number of hydrogen-bond acceptors (Lipinski definition) is 5. The molecule has 1 atom stereocenters. The molecule has 1 saturated heterocycles. The lowest BCUT2D eigenvalue weighted by Gasteiger charge is -2.25. The summed E-state index contributed by atoms with van der Waals surface area (Å²) in [6.45, 7) is 2.04. The van der Waals surface area contributed by atoms with Crippen molar-refractivity contribution in [2.45, 2.75) is 32.0 Å². The molecular formula is C16H18N6OS. The van der Waals surface area contributed by atoms with Gasteiger partial charge in [0.25, 0.3) is 0 Å². The van der Waals surface area contributed by atoms with Gasteiger partial charge in [0.15, 0.2) is 0 Å². The summed E-state index contributed by atoms with van der Waals surface area (Å²) in [7, 11) is 0. The van der Waals surface area contributed by atoms with Crippen LogP contribution in [0, 0.1) is 0 Å². The van der Waals surface area contributed by atoms with Crippen molar-refractivity contribution in [1.82, 2.24) is 28.7 Å². The number of benzene rings is 1. The zero-order valence-corrected chi connectivity index (χ0v) is 13.9. The Morgan fingerprint density at radius 2 is 2.25 bits per heavy atom. The number of rotatable bonds is 4. The van der Waals surface area contributed by atoms with Crippen molar-refractivity contribution in [2.75, 3.05) is 6.54 Å². The quantitative estimate of drug-likeness (QED) is 0.789. The van der Waals surface area contributed by atoms with E-state index < -0.39 is 0 Å². The molecule has 124 valence electrons. The molecule has 0 unspecified atom stereocenters. The van der Waals surface area contributed by atoms with E-state index in [1.807, 2.05) is 40.0 Å². The molecule has 0 radical (unpaired) electrons. The largest absolute Gasteiger partial charge is 0.334 e. The van der Waals surface area contributed by atoms with Gasteiger partial charge in [-0.25, -0.2) is 4.79 Å². The number of carbonyl (C=O) groups excluding carboxylic acids is 1. The van der Waals surface area contributed by atoms with E-state index in [9.17, 15) is 4.79 Å². The number of carbonyl (C=O) groups is 1. The van der Waals surface area contributed by atoms with Gasteiger partial charge in [0.2, 0.25) is 0 Å². The van der Waals surface area contributed by atoms with Gasteiger partial charge < -0.3 is 10.2 Å². The number of nitrogens with one attached hydrogen (secondary N) is 1. The average Bonchev–Trinajstić information content (AvgIpc) is 3.34. The van der Waals surface area contributed by atoms with Crippen molar-refractivity contribution >= 4 is 28.8 Å². The lowest BCUT2D eigenvalue weighted by atomic mass is 10.2. The van der Waals surface area contributed by atoms with E-state index in [0.29, 0.717) is 6.54 Å². The smallest absolute Gasteiger partial charge is 0.317 e. The van der Waals surface area contributed by atoms with Crippen LogP contribution < -0.4 is 5.32 Å². The van der Waals surface area contributed by atoms with E-state index in [1.54, 1.807) is 6.20 Å². The molecular weight excluding hydrogens is 324 g/mol. The molecule has 2 aromatic heterocycles. The molecule has 24 heavy (non-hydrogen) atoms. The van der Waals surface area contributed by atoms with E-state index in [-0.39, 0.29) is 12.1 Å². The molecule has 2 amide bonds. The fourth-order valence-corrected chi connectivity index (χ4v) is 3.65. The molecule has 3 aromatic rings. The Balaban J connectivity index is 1.37. The maximum atomic E-state index is 12.5. The van der Waals surface area contributed by atoms with Crippen LogP contribution in [0.4, 0.5) is 4.79 Å². The molecule has 1 fully saturated rings. The first-order valence-corrected chi connectivity index (χ1v) is 8.76. The van der Waals surface area contributed by atoms with Gasteiger partial charge in [-0.3, -0.25) is 4.68 Å². The predicted molar refractivity (Wildman–Crippen MR) is 91.6 cm³/mol. The van der Waals surface area contributed by atoms with Crippen LogP contribution in [0.5, 0.6) is 0 Å². The second-order valence-electron chi connectivity index (χ2n) is 5.96. The number of urea groups is 1. The van der Waals surface area contributed by atoms with Crippen molar-refractivity contribution in [3.05, 3.63) is 42.2 Å². The van der Waals surface area contributed by atoms with Gasteiger partial charge in [0.1, 0.15) is 11.0 Å². The van der Waals surface area contributed by atoms with E-state index in [1.165, 1.54) is 11.7 Å². The van der Waals surface area contributed by atoms with Crippen molar-refractivity contribution < 1.29 is 4.79 Å². The molecule has 1 aliphatic heterocycles. The van der Waals surface area contributed by atoms with Gasteiger partial charge in [0.05, 0.1) is 24.3 Å². The van der Waals surface area contributed by atoms with Crippen LogP contribution in [-0.2, 0) is 13.1 Å². The van der Waals surface area contributed by atoms with Gasteiger partial charge in [-0.2, -0.15) is 13.8 Å². The molecule has 1 N–H and O–H groups in total. The molecule has 8 heteroatoms. The number of likely N-dealkylation sites (tertiary alicyclic amines) is 1. The van der Waals surface area contributed by atoms with E-state index >= 15 is 0 Å². The molecule has 4 rings (SSSR count). The molecule has 0 bridgehead atoms. The molecule has 0 aliphatic carbocycles. The van der Waals surface area contributed by atoms with Crippen LogP contribution in [-0.4, -0.2) is 42.0 Å². The maximum Gasteiger partial charge on any atom is 0.317 e. The Kier molecular flexibility index (Phi) is 4.12. The number of hydrogen-bond donors (Lipinski definition) is 1. The summed E-state index contributed by atoms with van der Waals surface area (Å²) in [4.78, 5) is 14.5. The first-order chi connectivity index (χ1) is 11.8. The minimum atomic E-state index is -0.0128. The monoisotopic (exact) mass is 342 g/mol. The van der Waals surface area contributed by atoms with Gasteiger partial charge in [-0.05, 0) is 36.6 Å². The Bertz CT molecular complexity index is 830. The van der Waals surface area contributed by atoms with Crippen LogP contribution in [0.15, 0.2) is 36.7 Å². The minimum Gasteiger partial charge on any atom is -0.334 e. The van der Waals surface area contributed by atoms with E-state index in [0.717, 1.165) is 42.5 Å². The number of amides is 2. The second-order valence-corrected chi connectivity index (χ2v) is 6.49. The number of nitrogens with zero attached hydrogens (tertiary/aromatic N) is 5. The van der Waals surface area contributed by atoms with Gasteiger partial charge in [-0.1, -0.05) is 6.07 Å². The summed E-state index contributed by atoms with van der Waals surface area (Å²) in [5, 5.41) is 7.26. The van der Waals surface area contributed by atoms with Gasteiger partial charge in [0, 0.05) is 25.5 Å². The van der Waals surface area contributed by atoms with Gasteiger partial charge >= 0.3 is 6.03 Å². The normalized spacial score (nSPS) is 17.5. The van der Waals surface area contributed by atoms with Crippen LogP contribution in [0.25, 0.3) is 11.0 Å². The zero-order chi connectivity index (χ0) is 16.4. The van der Waals surface area contributed by atoms with Crippen LogP contribution in [0.1, 0.15) is 18.4 Å².